The van der Waals surface area contributed by atoms with Gasteiger partial charge in [-0.3, -0.25) is 0 Å². The van der Waals surface area contributed by atoms with Gasteiger partial charge in [0, 0.05) is 5.56 Å². The third-order valence-corrected chi connectivity index (χ3v) is 2.79. The molecule has 2 aromatic rings. The summed E-state index contributed by atoms with van der Waals surface area (Å²) in [6, 6.07) is 8.14. The van der Waals surface area contributed by atoms with Crippen LogP contribution in [0.4, 0.5) is 0 Å². The van der Waals surface area contributed by atoms with Gasteiger partial charge in [0.05, 0.1) is 0 Å². The van der Waals surface area contributed by atoms with Crippen molar-refractivity contribution in [3.05, 3.63) is 35.7 Å². The molecule has 1 aromatic heterocycles. The van der Waals surface area contributed by atoms with Crippen molar-refractivity contribution >= 4 is 11.6 Å². The van der Waals surface area contributed by atoms with E-state index < -0.39 is 0 Å². The first-order valence-corrected chi connectivity index (χ1v) is 6.09. The molecule has 1 heterocycles. The molecule has 90 valence electrons. The summed E-state index contributed by atoms with van der Waals surface area (Å²) < 4.78 is 5.48. The number of aromatic nitrogens is 2. The van der Waals surface area contributed by atoms with Crippen LogP contribution >= 0.6 is 11.6 Å². The van der Waals surface area contributed by atoms with E-state index in [4.69, 9.17) is 16.0 Å². The van der Waals surface area contributed by atoms with Crippen LogP contribution in [-0.2, 0) is 0 Å². The van der Waals surface area contributed by atoms with Crippen molar-refractivity contribution < 1.29 is 4.42 Å². The van der Waals surface area contributed by atoms with Crippen LogP contribution in [0.5, 0.6) is 0 Å². The minimum absolute atomic E-state index is 0.258. The number of benzene rings is 1. The van der Waals surface area contributed by atoms with Crippen LogP contribution in [-0.4, -0.2) is 10.2 Å². The van der Waals surface area contributed by atoms with Gasteiger partial charge in [-0.2, -0.15) is 0 Å². The molecule has 1 unspecified atom stereocenters. The summed E-state index contributed by atoms with van der Waals surface area (Å²) in [4.78, 5) is 0. The third-order valence-electron chi connectivity index (χ3n) is 2.61. The molecule has 0 aliphatic heterocycles. The maximum atomic E-state index is 5.87. The first-order valence-electron chi connectivity index (χ1n) is 5.65. The van der Waals surface area contributed by atoms with Crippen molar-refractivity contribution in [2.75, 3.05) is 0 Å². The predicted octanol–water partition coefficient (Wildman–Crippen LogP) is 4.16. The second kappa shape index (κ2) is 4.88. The molecule has 0 aliphatic carbocycles. The fourth-order valence-electron chi connectivity index (χ4n) is 1.52. The molecular formula is C13H15ClN2O. The molecule has 1 aromatic carbocycles. The summed E-state index contributed by atoms with van der Waals surface area (Å²) in [7, 11) is 0. The standard InChI is InChI=1S/C13H15ClN2O/c1-8(2)10-4-6-11(7-5-10)13-16-15-12(17-13)9(3)14/h4-9H,1-3H3. The molecule has 4 heteroatoms. The molecule has 3 nitrogen and oxygen atoms in total. The Morgan fingerprint density at radius 2 is 1.71 bits per heavy atom. The molecule has 0 fully saturated rings. The average molecular weight is 251 g/mol. The number of rotatable bonds is 3. The summed E-state index contributed by atoms with van der Waals surface area (Å²) in [6.07, 6.45) is 0. The van der Waals surface area contributed by atoms with Gasteiger partial charge in [0.1, 0.15) is 5.38 Å². The van der Waals surface area contributed by atoms with Gasteiger partial charge >= 0.3 is 0 Å². The highest BCUT2D eigenvalue weighted by atomic mass is 35.5. The summed E-state index contributed by atoms with van der Waals surface area (Å²) in [6.45, 7) is 6.13. The van der Waals surface area contributed by atoms with Crippen molar-refractivity contribution in [3.63, 3.8) is 0 Å². The highest BCUT2D eigenvalue weighted by Gasteiger charge is 2.12. The summed E-state index contributed by atoms with van der Waals surface area (Å²) in [5, 5.41) is 7.62. The monoisotopic (exact) mass is 250 g/mol. The van der Waals surface area contributed by atoms with E-state index in [2.05, 4.69) is 36.2 Å². The molecule has 0 radical (unpaired) electrons. The second-order valence-corrected chi connectivity index (χ2v) is 4.99. The molecule has 0 bridgehead atoms. The highest BCUT2D eigenvalue weighted by Crippen LogP contribution is 2.24. The molecule has 0 N–H and O–H groups in total. The van der Waals surface area contributed by atoms with Gasteiger partial charge in [0.15, 0.2) is 0 Å². The van der Waals surface area contributed by atoms with Crippen LogP contribution in [0, 0.1) is 0 Å². The minimum atomic E-state index is -0.258. The first kappa shape index (κ1) is 12.1. The van der Waals surface area contributed by atoms with Crippen LogP contribution < -0.4 is 0 Å². The highest BCUT2D eigenvalue weighted by molar-refractivity contribution is 6.20. The molecular weight excluding hydrogens is 236 g/mol. The van der Waals surface area contributed by atoms with Crippen molar-refractivity contribution in [2.24, 2.45) is 0 Å². The van der Waals surface area contributed by atoms with Crippen LogP contribution in [0.3, 0.4) is 0 Å². The topological polar surface area (TPSA) is 38.9 Å². The van der Waals surface area contributed by atoms with E-state index in [0.717, 1.165) is 5.56 Å². The van der Waals surface area contributed by atoms with E-state index in [9.17, 15) is 0 Å². The Bertz CT molecular complexity index is 488. The summed E-state index contributed by atoms with van der Waals surface area (Å²) in [5.74, 6) is 1.49. The molecule has 2 rings (SSSR count). The molecule has 17 heavy (non-hydrogen) atoms. The zero-order valence-electron chi connectivity index (χ0n) is 10.1. The van der Waals surface area contributed by atoms with E-state index in [1.54, 1.807) is 6.92 Å². The van der Waals surface area contributed by atoms with E-state index in [-0.39, 0.29) is 5.38 Å². The molecule has 1 atom stereocenters. The number of halogens is 1. The Kier molecular flexibility index (Phi) is 3.48. The van der Waals surface area contributed by atoms with Crippen molar-refractivity contribution in [1.82, 2.24) is 10.2 Å². The Hall–Kier alpha value is -1.35. The van der Waals surface area contributed by atoms with E-state index >= 15 is 0 Å². The van der Waals surface area contributed by atoms with Crippen molar-refractivity contribution in [1.29, 1.82) is 0 Å². The second-order valence-electron chi connectivity index (χ2n) is 4.34. The third kappa shape index (κ3) is 2.67. The maximum absolute atomic E-state index is 5.87. The van der Waals surface area contributed by atoms with Gasteiger partial charge < -0.3 is 4.42 Å². The van der Waals surface area contributed by atoms with Gasteiger partial charge in [-0.15, -0.1) is 21.8 Å². The lowest BCUT2D eigenvalue weighted by molar-refractivity contribution is 0.507. The molecule has 0 amide bonds. The molecule has 0 spiro atoms. The van der Waals surface area contributed by atoms with Crippen LogP contribution in [0.25, 0.3) is 11.5 Å². The summed E-state index contributed by atoms with van der Waals surface area (Å²) >= 11 is 5.87. The van der Waals surface area contributed by atoms with Gasteiger partial charge in [-0.25, -0.2) is 0 Å². The Morgan fingerprint density at radius 3 is 2.18 bits per heavy atom. The fraction of sp³-hybridized carbons (Fsp3) is 0.385. The Labute approximate surface area is 106 Å². The lowest BCUT2D eigenvalue weighted by atomic mass is 10.0. The zero-order valence-corrected chi connectivity index (χ0v) is 10.9. The lowest BCUT2D eigenvalue weighted by Crippen LogP contribution is -1.86. The largest absolute Gasteiger partial charge is 0.419 e. The average Bonchev–Trinajstić information content (AvgIpc) is 2.78. The van der Waals surface area contributed by atoms with Crippen LogP contribution in [0.2, 0.25) is 0 Å². The number of alkyl halides is 1. The Morgan fingerprint density at radius 1 is 1.06 bits per heavy atom. The molecule has 0 saturated carbocycles. The quantitative estimate of drug-likeness (QED) is 0.768. The van der Waals surface area contributed by atoms with Crippen molar-refractivity contribution in [3.8, 4) is 11.5 Å². The lowest BCUT2D eigenvalue weighted by Gasteiger charge is -2.04. The predicted molar refractivity (Wildman–Crippen MR) is 68.1 cm³/mol. The zero-order chi connectivity index (χ0) is 12.4. The van der Waals surface area contributed by atoms with Gasteiger partial charge in [-0.1, -0.05) is 26.0 Å². The van der Waals surface area contributed by atoms with E-state index in [1.165, 1.54) is 5.56 Å². The van der Waals surface area contributed by atoms with Gasteiger partial charge in [-0.05, 0) is 30.5 Å². The van der Waals surface area contributed by atoms with E-state index in [0.29, 0.717) is 17.7 Å². The van der Waals surface area contributed by atoms with Crippen LogP contribution in [0.15, 0.2) is 28.7 Å². The van der Waals surface area contributed by atoms with Crippen molar-refractivity contribution in [2.45, 2.75) is 32.1 Å². The number of hydrogen-bond acceptors (Lipinski definition) is 3. The molecule has 0 aliphatic rings. The molecule has 0 saturated heterocycles. The Balaban J connectivity index is 2.27. The minimum Gasteiger partial charge on any atom is -0.419 e. The number of hydrogen-bond donors (Lipinski definition) is 0. The first-order chi connectivity index (χ1) is 8.08. The van der Waals surface area contributed by atoms with E-state index in [1.807, 2.05) is 12.1 Å². The van der Waals surface area contributed by atoms with Gasteiger partial charge in [0.25, 0.3) is 0 Å². The summed E-state index contributed by atoms with van der Waals surface area (Å²) in [5.41, 5.74) is 2.21. The SMILES string of the molecule is CC(C)c1ccc(-c2nnc(C(C)Cl)o2)cc1. The van der Waals surface area contributed by atoms with Gasteiger partial charge in [0.2, 0.25) is 11.8 Å². The normalized spacial score (nSPS) is 13.0. The maximum Gasteiger partial charge on any atom is 0.247 e. The van der Waals surface area contributed by atoms with Crippen LogP contribution in [0.1, 0.15) is 43.5 Å². The smallest absolute Gasteiger partial charge is 0.247 e. The fourth-order valence-corrected chi connectivity index (χ4v) is 1.61. The number of nitrogens with zero attached hydrogens (tertiary/aromatic N) is 2.